The first kappa shape index (κ1) is 20.3. The van der Waals surface area contributed by atoms with Gasteiger partial charge >= 0.3 is 0 Å². The van der Waals surface area contributed by atoms with E-state index in [-0.39, 0.29) is 23.2 Å². The Morgan fingerprint density at radius 3 is 2.55 bits per heavy atom. The normalized spacial score (nSPS) is 10.6. The molecule has 0 atom stereocenters. The van der Waals surface area contributed by atoms with Crippen LogP contribution in [0.2, 0.25) is 5.02 Å². The number of halogens is 1. The Bertz CT molecular complexity index is 1030. The van der Waals surface area contributed by atoms with Crippen LogP contribution in [0.3, 0.4) is 0 Å². The summed E-state index contributed by atoms with van der Waals surface area (Å²) in [6, 6.07) is 13.0. The van der Waals surface area contributed by atoms with Crippen LogP contribution in [-0.4, -0.2) is 32.6 Å². The van der Waals surface area contributed by atoms with Crippen molar-refractivity contribution in [1.29, 1.82) is 0 Å². The third kappa shape index (κ3) is 4.91. The van der Waals surface area contributed by atoms with Gasteiger partial charge in [0.1, 0.15) is 12.4 Å². The van der Waals surface area contributed by atoms with Crippen molar-refractivity contribution >= 4 is 23.2 Å². The lowest BCUT2D eigenvalue weighted by molar-refractivity contribution is -0.384. The number of nitro benzene ring substituents is 1. The Kier molecular flexibility index (Phi) is 6.13. The van der Waals surface area contributed by atoms with Gasteiger partial charge in [-0.05, 0) is 29.8 Å². The van der Waals surface area contributed by atoms with Gasteiger partial charge in [0.2, 0.25) is 0 Å². The standard InChI is InChI=1S/C20H19ClN4O4/c1-23(12-17-9-10-22-24(17)2)20(26)15-5-3-14(4-6-15)13-29-19-8-7-16(25(27)28)11-18(19)21/h3-11H,12-13H2,1-2H3. The van der Waals surface area contributed by atoms with E-state index in [9.17, 15) is 14.9 Å². The molecule has 0 saturated carbocycles. The van der Waals surface area contributed by atoms with Crippen LogP contribution < -0.4 is 4.74 Å². The third-order valence-corrected chi connectivity index (χ3v) is 4.69. The van der Waals surface area contributed by atoms with E-state index in [4.69, 9.17) is 16.3 Å². The second-order valence-corrected chi connectivity index (χ2v) is 6.87. The monoisotopic (exact) mass is 414 g/mol. The summed E-state index contributed by atoms with van der Waals surface area (Å²) < 4.78 is 7.36. The Balaban J connectivity index is 1.60. The lowest BCUT2D eigenvalue weighted by Gasteiger charge is -2.17. The van der Waals surface area contributed by atoms with Gasteiger partial charge in [0.15, 0.2) is 0 Å². The first-order chi connectivity index (χ1) is 13.8. The van der Waals surface area contributed by atoms with Crippen LogP contribution in [0.15, 0.2) is 54.7 Å². The number of non-ortho nitro benzene ring substituents is 1. The van der Waals surface area contributed by atoms with Crippen molar-refractivity contribution in [3.63, 3.8) is 0 Å². The first-order valence-electron chi connectivity index (χ1n) is 8.73. The Morgan fingerprint density at radius 1 is 1.24 bits per heavy atom. The summed E-state index contributed by atoms with van der Waals surface area (Å²) in [5.41, 5.74) is 2.24. The maximum absolute atomic E-state index is 12.6. The zero-order chi connectivity index (χ0) is 21.0. The molecule has 0 radical (unpaired) electrons. The number of carbonyl (C=O) groups excluding carboxylic acids is 1. The topological polar surface area (TPSA) is 90.5 Å². The SMILES string of the molecule is CN(Cc1ccnn1C)C(=O)c1ccc(COc2ccc([N+](=O)[O-])cc2Cl)cc1. The number of amides is 1. The number of aryl methyl sites for hydroxylation is 1. The van der Waals surface area contributed by atoms with E-state index in [1.54, 1.807) is 47.1 Å². The maximum atomic E-state index is 12.6. The average molecular weight is 415 g/mol. The third-order valence-electron chi connectivity index (χ3n) is 4.39. The van der Waals surface area contributed by atoms with Crippen molar-refractivity contribution in [3.05, 3.63) is 86.7 Å². The molecule has 29 heavy (non-hydrogen) atoms. The molecule has 0 spiro atoms. The minimum atomic E-state index is -0.517. The van der Waals surface area contributed by atoms with Gasteiger partial charge in [0, 0.05) is 38.0 Å². The van der Waals surface area contributed by atoms with E-state index >= 15 is 0 Å². The predicted molar refractivity (Wildman–Crippen MR) is 108 cm³/mol. The lowest BCUT2D eigenvalue weighted by atomic mass is 10.1. The Hall–Kier alpha value is -3.39. The molecule has 0 bridgehead atoms. The molecule has 2 aromatic carbocycles. The summed E-state index contributed by atoms with van der Waals surface area (Å²) in [5, 5.41) is 15.0. The molecule has 0 aliphatic heterocycles. The highest BCUT2D eigenvalue weighted by molar-refractivity contribution is 6.32. The molecule has 150 valence electrons. The smallest absolute Gasteiger partial charge is 0.271 e. The fourth-order valence-electron chi connectivity index (χ4n) is 2.72. The van der Waals surface area contributed by atoms with Crippen LogP contribution >= 0.6 is 11.6 Å². The molecule has 3 rings (SSSR count). The van der Waals surface area contributed by atoms with Crippen LogP contribution in [0.25, 0.3) is 0 Å². The molecule has 0 aliphatic rings. The zero-order valence-corrected chi connectivity index (χ0v) is 16.7. The number of carbonyl (C=O) groups is 1. The number of hydrogen-bond donors (Lipinski definition) is 0. The number of nitro groups is 1. The van der Waals surface area contributed by atoms with E-state index in [0.717, 1.165) is 11.3 Å². The lowest BCUT2D eigenvalue weighted by Crippen LogP contribution is -2.27. The molecule has 0 aliphatic carbocycles. The summed E-state index contributed by atoms with van der Waals surface area (Å²) in [4.78, 5) is 24.5. The summed E-state index contributed by atoms with van der Waals surface area (Å²) in [7, 11) is 3.57. The van der Waals surface area contributed by atoms with Crippen molar-refractivity contribution in [2.75, 3.05) is 7.05 Å². The molecule has 0 unspecified atom stereocenters. The van der Waals surface area contributed by atoms with Crippen LogP contribution in [0.1, 0.15) is 21.6 Å². The number of hydrogen-bond acceptors (Lipinski definition) is 5. The van der Waals surface area contributed by atoms with Crippen molar-refractivity contribution in [3.8, 4) is 5.75 Å². The molecule has 1 heterocycles. The first-order valence-corrected chi connectivity index (χ1v) is 9.11. The maximum Gasteiger partial charge on any atom is 0.271 e. The van der Waals surface area contributed by atoms with E-state index in [2.05, 4.69) is 5.10 Å². The second-order valence-electron chi connectivity index (χ2n) is 6.46. The molecule has 1 aromatic heterocycles. The number of rotatable bonds is 7. The van der Waals surface area contributed by atoms with Crippen molar-refractivity contribution in [1.82, 2.24) is 14.7 Å². The highest BCUT2D eigenvalue weighted by Crippen LogP contribution is 2.29. The molecule has 0 saturated heterocycles. The Labute approximate surface area is 172 Å². The van der Waals surface area contributed by atoms with Gasteiger partial charge < -0.3 is 9.64 Å². The summed E-state index contributed by atoms with van der Waals surface area (Å²) in [6.45, 7) is 0.676. The van der Waals surface area contributed by atoms with Gasteiger partial charge in [-0.25, -0.2) is 0 Å². The quantitative estimate of drug-likeness (QED) is 0.433. The minimum Gasteiger partial charge on any atom is -0.487 e. The number of benzene rings is 2. The molecule has 1 amide bonds. The predicted octanol–water partition coefficient (Wildman–Crippen LogP) is 3.83. The molecule has 3 aromatic rings. The van der Waals surface area contributed by atoms with Gasteiger partial charge in [-0.1, -0.05) is 23.7 Å². The summed E-state index contributed by atoms with van der Waals surface area (Å²) in [5.74, 6) is 0.255. The van der Waals surface area contributed by atoms with Gasteiger partial charge in [-0.3, -0.25) is 19.6 Å². The highest BCUT2D eigenvalue weighted by atomic mass is 35.5. The number of ether oxygens (including phenoxy) is 1. The number of nitrogens with zero attached hydrogens (tertiary/aromatic N) is 4. The summed E-state index contributed by atoms with van der Waals surface area (Å²) >= 11 is 6.02. The molecule has 0 N–H and O–H groups in total. The molecule has 0 fully saturated rings. The second kappa shape index (κ2) is 8.74. The van der Waals surface area contributed by atoms with E-state index in [1.165, 1.54) is 18.2 Å². The van der Waals surface area contributed by atoms with E-state index < -0.39 is 4.92 Å². The van der Waals surface area contributed by atoms with E-state index in [0.29, 0.717) is 17.9 Å². The van der Waals surface area contributed by atoms with Gasteiger partial charge in [0.05, 0.1) is 22.2 Å². The fourth-order valence-corrected chi connectivity index (χ4v) is 2.95. The van der Waals surface area contributed by atoms with Crippen molar-refractivity contribution in [2.24, 2.45) is 7.05 Å². The van der Waals surface area contributed by atoms with Crippen molar-refractivity contribution < 1.29 is 14.5 Å². The van der Waals surface area contributed by atoms with Gasteiger partial charge in [-0.15, -0.1) is 0 Å². The summed E-state index contributed by atoms with van der Waals surface area (Å²) in [6.07, 6.45) is 1.69. The van der Waals surface area contributed by atoms with Crippen LogP contribution in [0, 0.1) is 10.1 Å². The van der Waals surface area contributed by atoms with Crippen LogP contribution in [0.5, 0.6) is 5.75 Å². The molecular weight excluding hydrogens is 396 g/mol. The average Bonchev–Trinajstić information content (AvgIpc) is 3.11. The van der Waals surface area contributed by atoms with E-state index in [1.807, 2.05) is 13.1 Å². The van der Waals surface area contributed by atoms with Crippen molar-refractivity contribution in [2.45, 2.75) is 13.2 Å². The molecular formula is C20H19ClN4O4. The zero-order valence-electron chi connectivity index (χ0n) is 15.9. The Morgan fingerprint density at radius 2 is 1.97 bits per heavy atom. The molecule has 8 nitrogen and oxygen atoms in total. The largest absolute Gasteiger partial charge is 0.487 e. The number of aromatic nitrogens is 2. The van der Waals surface area contributed by atoms with Gasteiger partial charge in [-0.2, -0.15) is 5.10 Å². The van der Waals surface area contributed by atoms with Gasteiger partial charge in [0.25, 0.3) is 11.6 Å². The fraction of sp³-hybridized carbons (Fsp3) is 0.200. The highest BCUT2D eigenvalue weighted by Gasteiger charge is 2.14. The van der Waals surface area contributed by atoms with Crippen LogP contribution in [-0.2, 0) is 20.2 Å². The minimum absolute atomic E-state index is 0.0968. The molecule has 9 heteroatoms. The van der Waals surface area contributed by atoms with Crippen LogP contribution in [0.4, 0.5) is 5.69 Å².